The van der Waals surface area contributed by atoms with Gasteiger partial charge in [0, 0.05) is 17.8 Å². The number of para-hydroxylation sites is 1. The van der Waals surface area contributed by atoms with Crippen molar-refractivity contribution in [1.29, 1.82) is 0 Å². The van der Waals surface area contributed by atoms with Gasteiger partial charge >= 0.3 is 0 Å². The lowest BCUT2D eigenvalue weighted by Gasteiger charge is -2.14. The van der Waals surface area contributed by atoms with Crippen molar-refractivity contribution in [3.8, 4) is 11.5 Å². The Labute approximate surface area is 185 Å². The van der Waals surface area contributed by atoms with Crippen LogP contribution in [0.15, 0.2) is 47.4 Å². The molecule has 3 amide bonds. The predicted octanol–water partition coefficient (Wildman–Crippen LogP) is 4.47. The van der Waals surface area contributed by atoms with Crippen LogP contribution in [-0.4, -0.2) is 42.2 Å². The fourth-order valence-corrected chi connectivity index (χ4v) is 3.85. The van der Waals surface area contributed by atoms with E-state index in [9.17, 15) is 14.4 Å². The van der Waals surface area contributed by atoms with Crippen LogP contribution in [0, 0.1) is 6.92 Å². The fraction of sp³-hybridized carbons (Fsp3) is 0.261. The number of thioether (sulfide) groups is 1. The van der Waals surface area contributed by atoms with Crippen molar-refractivity contribution in [2.75, 3.05) is 25.6 Å². The highest BCUT2D eigenvalue weighted by Gasteiger charge is 2.34. The predicted molar refractivity (Wildman–Crippen MR) is 121 cm³/mol. The molecule has 0 spiro atoms. The van der Waals surface area contributed by atoms with Crippen molar-refractivity contribution in [1.82, 2.24) is 4.90 Å². The number of hydrogen-bond acceptors (Lipinski definition) is 6. The van der Waals surface area contributed by atoms with E-state index in [1.807, 2.05) is 38.1 Å². The Balaban J connectivity index is 1.78. The number of anilines is 1. The van der Waals surface area contributed by atoms with Gasteiger partial charge in [0.1, 0.15) is 0 Å². The summed E-state index contributed by atoms with van der Waals surface area (Å²) in [7, 11) is 1.49. The molecule has 1 heterocycles. The van der Waals surface area contributed by atoms with Gasteiger partial charge in [0.2, 0.25) is 0 Å². The summed E-state index contributed by atoms with van der Waals surface area (Å²) in [5.41, 5.74) is 2.31. The highest BCUT2D eigenvalue weighted by atomic mass is 32.2. The van der Waals surface area contributed by atoms with Gasteiger partial charge in [0.05, 0.1) is 12.0 Å². The van der Waals surface area contributed by atoms with Gasteiger partial charge in [-0.2, -0.15) is 0 Å². The number of imide groups is 1. The molecular formula is C23H24N2O5S. The van der Waals surface area contributed by atoms with Gasteiger partial charge in [-0.15, -0.1) is 0 Å². The first-order chi connectivity index (χ1) is 14.9. The summed E-state index contributed by atoms with van der Waals surface area (Å²) >= 11 is 0.889. The van der Waals surface area contributed by atoms with E-state index in [2.05, 4.69) is 5.32 Å². The molecule has 1 saturated heterocycles. The van der Waals surface area contributed by atoms with E-state index in [1.165, 1.54) is 12.0 Å². The van der Waals surface area contributed by atoms with Crippen LogP contribution in [0.2, 0.25) is 0 Å². The second-order valence-corrected chi connectivity index (χ2v) is 7.91. The van der Waals surface area contributed by atoms with Crippen molar-refractivity contribution in [2.45, 2.75) is 20.3 Å². The third-order valence-corrected chi connectivity index (χ3v) is 5.43. The number of nitrogens with one attached hydrogen (secondary N) is 1. The summed E-state index contributed by atoms with van der Waals surface area (Å²) in [5.74, 6) is 0.0859. The Hall–Kier alpha value is -3.26. The molecule has 8 heteroatoms. The molecule has 0 aliphatic carbocycles. The molecule has 1 aliphatic heterocycles. The Morgan fingerprint density at radius 1 is 1.16 bits per heavy atom. The standard InChI is InChI=1S/C23H24N2O5S/c1-4-12-25-22(27)19(31-23(25)28)13-16-6-5-7-18(29-3)21(16)30-14-20(26)24-17-10-8-15(2)9-11-17/h5-11,13H,4,12,14H2,1-3H3,(H,24,26)/b19-13+. The molecule has 2 aromatic carbocycles. The van der Waals surface area contributed by atoms with Gasteiger partial charge < -0.3 is 14.8 Å². The second-order valence-electron chi connectivity index (χ2n) is 6.91. The largest absolute Gasteiger partial charge is 0.493 e. The van der Waals surface area contributed by atoms with E-state index >= 15 is 0 Å². The minimum atomic E-state index is -0.331. The monoisotopic (exact) mass is 440 g/mol. The van der Waals surface area contributed by atoms with Gasteiger partial charge in [-0.25, -0.2) is 0 Å². The maximum absolute atomic E-state index is 12.5. The molecule has 0 radical (unpaired) electrons. The number of benzene rings is 2. The van der Waals surface area contributed by atoms with Crippen LogP contribution in [-0.2, 0) is 9.59 Å². The number of nitrogens with zero attached hydrogens (tertiary/aromatic N) is 1. The van der Waals surface area contributed by atoms with Crippen molar-refractivity contribution < 1.29 is 23.9 Å². The number of carbonyl (C=O) groups excluding carboxylic acids is 3. The molecule has 0 aromatic heterocycles. The van der Waals surface area contributed by atoms with Crippen LogP contribution in [0.4, 0.5) is 10.5 Å². The number of hydrogen-bond donors (Lipinski definition) is 1. The van der Waals surface area contributed by atoms with Crippen LogP contribution in [0.1, 0.15) is 24.5 Å². The first kappa shape index (κ1) is 22.4. The molecular weight excluding hydrogens is 416 g/mol. The van der Waals surface area contributed by atoms with Gasteiger partial charge in [0.15, 0.2) is 18.1 Å². The molecule has 2 aromatic rings. The summed E-state index contributed by atoms with van der Waals surface area (Å²) in [4.78, 5) is 38.5. The normalized spacial score (nSPS) is 14.8. The Kier molecular flexibility index (Phi) is 7.36. The van der Waals surface area contributed by atoms with E-state index in [0.29, 0.717) is 40.6 Å². The number of rotatable bonds is 8. The average Bonchev–Trinajstić information content (AvgIpc) is 3.02. The van der Waals surface area contributed by atoms with Gasteiger partial charge in [-0.3, -0.25) is 19.3 Å². The highest BCUT2D eigenvalue weighted by Crippen LogP contribution is 2.37. The van der Waals surface area contributed by atoms with E-state index in [0.717, 1.165) is 17.3 Å². The third kappa shape index (κ3) is 5.46. The lowest BCUT2D eigenvalue weighted by atomic mass is 10.1. The minimum absolute atomic E-state index is 0.244. The zero-order valence-corrected chi connectivity index (χ0v) is 18.5. The minimum Gasteiger partial charge on any atom is -0.493 e. The molecule has 0 atom stereocenters. The maximum Gasteiger partial charge on any atom is 0.293 e. The van der Waals surface area contributed by atoms with E-state index < -0.39 is 0 Å². The number of carbonyl (C=O) groups is 3. The average molecular weight is 441 g/mol. The summed E-state index contributed by atoms with van der Waals surface area (Å²) in [6.45, 7) is 4.01. The second kappa shape index (κ2) is 10.2. The Bertz CT molecular complexity index is 1020. The van der Waals surface area contributed by atoms with Crippen LogP contribution in [0.3, 0.4) is 0 Å². The summed E-state index contributed by atoms with van der Waals surface area (Å²) in [6, 6.07) is 12.6. The summed E-state index contributed by atoms with van der Waals surface area (Å²) in [6.07, 6.45) is 2.28. The first-order valence-corrected chi connectivity index (χ1v) is 10.7. The quantitative estimate of drug-likeness (QED) is 0.610. The molecule has 3 rings (SSSR count). The van der Waals surface area contributed by atoms with Crippen molar-refractivity contribution in [3.63, 3.8) is 0 Å². The first-order valence-electron chi connectivity index (χ1n) is 9.84. The van der Waals surface area contributed by atoms with E-state index in [1.54, 1.807) is 24.3 Å². The van der Waals surface area contributed by atoms with Crippen molar-refractivity contribution in [2.24, 2.45) is 0 Å². The summed E-state index contributed by atoms with van der Waals surface area (Å²) in [5, 5.41) is 2.48. The molecule has 0 saturated carbocycles. The number of ether oxygens (including phenoxy) is 2. The molecule has 162 valence electrons. The van der Waals surface area contributed by atoms with Crippen LogP contribution >= 0.6 is 11.8 Å². The van der Waals surface area contributed by atoms with Gasteiger partial charge in [-0.1, -0.05) is 36.8 Å². The topological polar surface area (TPSA) is 84.9 Å². The number of methoxy groups -OCH3 is 1. The van der Waals surface area contributed by atoms with Gasteiger partial charge in [-0.05, 0) is 49.4 Å². The molecule has 1 fully saturated rings. The van der Waals surface area contributed by atoms with Gasteiger partial charge in [0.25, 0.3) is 17.1 Å². The molecule has 7 nitrogen and oxygen atoms in total. The Morgan fingerprint density at radius 3 is 2.58 bits per heavy atom. The number of aryl methyl sites for hydroxylation is 1. The van der Waals surface area contributed by atoms with Crippen LogP contribution in [0.25, 0.3) is 6.08 Å². The molecule has 0 unspecified atom stereocenters. The highest BCUT2D eigenvalue weighted by molar-refractivity contribution is 8.18. The smallest absolute Gasteiger partial charge is 0.293 e. The van der Waals surface area contributed by atoms with Crippen LogP contribution < -0.4 is 14.8 Å². The SMILES string of the molecule is CCCN1C(=O)S/C(=C/c2cccc(OC)c2OCC(=O)Nc2ccc(C)cc2)C1=O. The summed E-state index contributed by atoms with van der Waals surface area (Å²) < 4.78 is 11.1. The van der Waals surface area contributed by atoms with Crippen molar-refractivity contribution in [3.05, 3.63) is 58.5 Å². The van der Waals surface area contributed by atoms with Crippen molar-refractivity contribution >= 4 is 40.6 Å². The van der Waals surface area contributed by atoms with E-state index in [4.69, 9.17) is 9.47 Å². The van der Waals surface area contributed by atoms with Crippen LogP contribution in [0.5, 0.6) is 11.5 Å². The Morgan fingerprint density at radius 2 is 1.90 bits per heavy atom. The zero-order valence-electron chi connectivity index (χ0n) is 17.6. The molecule has 1 N–H and O–H groups in total. The number of amides is 3. The lowest BCUT2D eigenvalue weighted by Crippen LogP contribution is -2.28. The lowest BCUT2D eigenvalue weighted by molar-refractivity contribution is -0.122. The van der Waals surface area contributed by atoms with E-state index in [-0.39, 0.29) is 23.7 Å². The zero-order chi connectivity index (χ0) is 22.4. The maximum atomic E-state index is 12.5. The third-order valence-electron chi connectivity index (χ3n) is 4.52. The molecule has 31 heavy (non-hydrogen) atoms. The fourth-order valence-electron chi connectivity index (χ4n) is 2.99. The molecule has 0 bridgehead atoms. The molecule has 1 aliphatic rings.